The molecule has 0 bridgehead atoms. The molecule has 23 heavy (non-hydrogen) atoms. The van der Waals surface area contributed by atoms with E-state index in [9.17, 15) is 9.59 Å². The van der Waals surface area contributed by atoms with Gasteiger partial charge in [0.1, 0.15) is 5.75 Å². The van der Waals surface area contributed by atoms with E-state index in [4.69, 9.17) is 9.47 Å². The molecule has 0 aliphatic heterocycles. The number of esters is 1. The molecule has 1 amide bonds. The molecule has 2 aromatic rings. The number of aromatic nitrogens is 3. The van der Waals surface area contributed by atoms with E-state index in [0.717, 1.165) is 10.4 Å². The second kappa shape index (κ2) is 7.92. The summed E-state index contributed by atoms with van der Waals surface area (Å²) >= 11 is 0. The first-order valence-corrected chi connectivity index (χ1v) is 7.10. The first kappa shape index (κ1) is 16.5. The minimum absolute atomic E-state index is 0.101. The van der Waals surface area contributed by atoms with Gasteiger partial charge in [-0.15, -0.1) is 5.10 Å². The minimum atomic E-state index is -0.435. The number of benzene rings is 1. The van der Waals surface area contributed by atoms with Crippen LogP contribution >= 0.6 is 0 Å². The van der Waals surface area contributed by atoms with Crippen molar-refractivity contribution in [2.75, 3.05) is 19.0 Å². The summed E-state index contributed by atoms with van der Waals surface area (Å²) in [5.74, 6) is 0.232. The molecule has 122 valence electrons. The van der Waals surface area contributed by atoms with Crippen LogP contribution in [0, 0.1) is 0 Å². The van der Waals surface area contributed by atoms with Crippen LogP contribution in [0.4, 0.5) is 5.82 Å². The van der Waals surface area contributed by atoms with Crippen LogP contribution in [0.5, 0.6) is 5.75 Å². The van der Waals surface area contributed by atoms with E-state index in [-0.39, 0.29) is 24.7 Å². The summed E-state index contributed by atoms with van der Waals surface area (Å²) in [6, 6.07) is 7.27. The fourth-order valence-corrected chi connectivity index (χ4v) is 1.96. The number of nitrogens with zero attached hydrogens (tertiary/aromatic N) is 3. The third kappa shape index (κ3) is 4.80. The molecule has 1 heterocycles. The fourth-order valence-electron chi connectivity index (χ4n) is 1.96. The van der Waals surface area contributed by atoms with Crippen LogP contribution in [0.2, 0.25) is 0 Å². The smallest absolute Gasteiger partial charge is 0.329 e. The van der Waals surface area contributed by atoms with Crippen molar-refractivity contribution in [3.8, 4) is 5.75 Å². The lowest BCUT2D eigenvalue weighted by molar-refractivity contribution is -0.144. The summed E-state index contributed by atoms with van der Waals surface area (Å²) < 4.78 is 10.0. The molecular weight excluding hydrogens is 300 g/mol. The third-order valence-electron chi connectivity index (χ3n) is 2.92. The third-order valence-corrected chi connectivity index (χ3v) is 2.92. The van der Waals surface area contributed by atoms with Gasteiger partial charge in [-0.2, -0.15) is 9.90 Å². The van der Waals surface area contributed by atoms with Gasteiger partial charge >= 0.3 is 5.97 Å². The van der Waals surface area contributed by atoms with Crippen molar-refractivity contribution < 1.29 is 19.1 Å². The molecule has 1 N–H and O–H groups in total. The van der Waals surface area contributed by atoms with E-state index in [2.05, 4.69) is 15.5 Å². The number of para-hydroxylation sites is 1. The number of methoxy groups -OCH3 is 1. The normalized spacial score (nSPS) is 10.2. The van der Waals surface area contributed by atoms with Crippen LogP contribution in [0.25, 0.3) is 0 Å². The molecule has 0 spiro atoms. The van der Waals surface area contributed by atoms with E-state index in [1.165, 1.54) is 6.20 Å². The molecule has 0 saturated heterocycles. The Kier molecular flexibility index (Phi) is 5.67. The SMILES string of the molecule is CCOC(=O)Cn1ncc(NC(=O)Cc2ccccc2OC)n1. The number of hydrogen-bond donors (Lipinski definition) is 1. The molecule has 0 aliphatic carbocycles. The maximum absolute atomic E-state index is 12.0. The molecule has 0 aliphatic rings. The molecule has 1 aromatic carbocycles. The minimum Gasteiger partial charge on any atom is -0.496 e. The second-order valence-electron chi connectivity index (χ2n) is 4.60. The van der Waals surface area contributed by atoms with Gasteiger partial charge < -0.3 is 14.8 Å². The second-order valence-corrected chi connectivity index (χ2v) is 4.60. The topological polar surface area (TPSA) is 95.3 Å². The lowest BCUT2D eigenvalue weighted by atomic mass is 10.1. The van der Waals surface area contributed by atoms with Crippen molar-refractivity contribution in [3.63, 3.8) is 0 Å². The van der Waals surface area contributed by atoms with Gasteiger partial charge in [0.05, 0.1) is 26.3 Å². The number of carbonyl (C=O) groups is 2. The Hall–Kier alpha value is -2.90. The van der Waals surface area contributed by atoms with Crippen molar-refractivity contribution in [1.29, 1.82) is 0 Å². The molecule has 0 fully saturated rings. The molecule has 0 saturated carbocycles. The molecule has 0 unspecified atom stereocenters. The zero-order chi connectivity index (χ0) is 16.7. The van der Waals surface area contributed by atoms with Crippen LogP contribution in [0.1, 0.15) is 12.5 Å². The Morgan fingerprint density at radius 2 is 2.09 bits per heavy atom. The zero-order valence-electron chi connectivity index (χ0n) is 13.0. The van der Waals surface area contributed by atoms with Crippen LogP contribution in [-0.2, 0) is 27.3 Å². The summed E-state index contributed by atoms with van der Waals surface area (Å²) in [7, 11) is 1.55. The van der Waals surface area contributed by atoms with E-state index >= 15 is 0 Å². The Morgan fingerprint density at radius 1 is 1.30 bits per heavy atom. The summed E-state index contributed by atoms with van der Waals surface area (Å²) in [5, 5.41) is 10.5. The Balaban J connectivity index is 1.93. The maximum atomic E-state index is 12.0. The van der Waals surface area contributed by atoms with E-state index < -0.39 is 5.97 Å². The maximum Gasteiger partial charge on any atom is 0.329 e. The highest BCUT2D eigenvalue weighted by Gasteiger charge is 2.11. The van der Waals surface area contributed by atoms with Crippen LogP contribution in [0.3, 0.4) is 0 Å². The molecular formula is C15H18N4O4. The average molecular weight is 318 g/mol. The van der Waals surface area contributed by atoms with Gasteiger partial charge in [-0.05, 0) is 13.0 Å². The fraction of sp³-hybridized carbons (Fsp3) is 0.333. The zero-order valence-corrected chi connectivity index (χ0v) is 13.0. The lowest BCUT2D eigenvalue weighted by Crippen LogP contribution is -2.17. The van der Waals surface area contributed by atoms with Gasteiger partial charge in [0.2, 0.25) is 5.91 Å². The number of carbonyl (C=O) groups excluding carboxylic acids is 2. The predicted molar refractivity (Wildman–Crippen MR) is 82.0 cm³/mol. The number of ether oxygens (including phenoxy) is 2. The molecule has 8 heteroatoms. The first-order chi connectivity index (χ1) is 11.1. The van der Waals surface area contributed by atoms with Gasteiger partial charge in [0, 0.05) is 5.56 Å². The molecule has 1 aromatic heterocycles. The monoisotopic (exact) mass is 318 g/mol. The number of hydrogen-bond acceptors (Lipinski definition) is 6. The standard InChI is InChI=1S/C15H18N4O4/c1-3-23-15(21)10-19-16-9-13(18-19)17-14(20)8-11-6-4-5-7-12(11)22-2/h4-7,9H,3,8,10H2,1-2H3,(H,17,18,20). The van der Waals surface area contributed by atoms with Crippen LogP contribution in [-0.4, -0.2) is 40.6 Å². The van der Waals surface area contributed by atoms with Gasteiger partial charge in [-0.1, -0.05) is 18.2 Å². The Bertz CT molecular complexity index is 684. The molecule has 0 radical (unpaired) electrons. The van der Waals surface area contributed by atoms with Crippen molar-refractivity contribution in [2.24, 2.45) is 0 Å². The first-order valence-electron chi connectivity index (χ1n) is 7.10. The summed E-state index contributed by atoms with van der Waals surface area (Å²) in [6.45, 7) is 1.91. The summed E-state index contributed by atoms with van der Waals surface area (Å²) in [4.78, 5) is 24.5. The molecule has 2 rings (SSSR count). The van der Waals surface area contributed by atoms with E-state index in [1.807, 2.05) is 18.2 Å². The Labute approximate surface area is 133 Å². The molecule has 0 atom stereocenters. The highest BCUT2D eigenvalue weighted by Crippen LogP contribution is 2.18. The highest BCUT2D eigenvalue weighted by molar-refractivity contribution is 5.91. The van der Waals surface area contributed by atoms with Crippen molar-refractivity contribution in [1.82, 2.24) is 15.0 Å². The molecule has 8 nitrogen and oxygen atoms in total. The largest absolute Gasteiger partial charge is 0.496 e. The number of rotatable bonds is 7. The van der Waals surface area contributed by atoms with Crippen molar-refractivity contribution in [3.05, 3.63) is 36.0 Å². The van der Waals surface area contributed by atoms with Gasteiger partial charge in [0.15, 0.2) is 12.4 Å². The Morgan fingerprint density at radius 3 is 2.83 bits per heavy atom. The van der Waals surface area contributed by atoms with E-state index in [1.54, 1.807) is 20.1 Å². The van der Waals surface area contributed by atoms with Crippen LogP contribution in [0.15, 0.2) is 30.5 Å². The van der Waals surface area contributed by atoms with Crippen molar-refractivity contribution >= 4 is 17.7 Å². The van der Waals surface area contributed by atoms with Gasteiger partial charge in [-0.25, -0.2) is 4.79 Å². The highest BCUT2D eigenvalue weighted by atomic mass is 16.5. The van der Waals surface area contributed by atoms with Gasteiger partial charge in [-0.3, -0.25) is 4.79 Å². The lowest BCUT2D eigenvalue weighted by Gasteiger charge is -2.07. The number of amides is 1. The number of nitrogens with one attached hydrogen (secondary N) is 1. The predicted octanol–water partition coefficient (Wildman–Crippen LogP) is 1.03. The van der Waals surface area contributed by atoms with Gasteiger partial charge in [0.25, 0.3) is 0 Å². The van der Waals surface area contributed by atoms with Crippen molar-refractivity contribution in [2.45, 2.75) is 19.9 Å². The number of anilines is 1. The average Bonchev–Trinajstić information content (AvgIpc) is 2.94. The van der Waals surface area contributed by atoms with Crippen LogP contribution < -0.4 is 10.1 Å². The summed E-state index contributed by atoms with van der Waals surface area (Å²) in [6.07, 6.45) is 1.52. The quantitative estimate of drug-likeness (QED) is 0.766. The summed E-state index contributed by atoms with van der Waals surface area (Å²) in [5.41, 5.74) is 0.770. The van der Waals surface area contributed by atoms with E-state index in [0.29, 0.717) is 12.4 Å².